The number of para-hydroxylation sites is 2. The van der Waals surface area contributed by atoms with Gasteiger partial charge in [-0.15, -0.1) is 0 Å². The monoisotopic (exact) mass is 432 g/mol. The predicted octanol–water partition coefficient (Wildman–Crippen LogP) is 5.02. The van der Waals surface area contributed by atoms with E-state index in [9.17, 15) is 9.59 Å². The van der Waals surface area contributed by atoms with Crippen molar-refractivity contribution in [3.63, 3.8) is 0 Å². The number of benzene rings is 3. The maximum Gasteiger partial charge on any atom is 0.262 e. The molecule has 0 spiro atoms. The smallest absolute Gasteiger partial charge is 0.262 e. The summed E-state index contributed by atoms with van der Waals surface area (Å²) in [5.74, 6) is 0.732. The van der Waals surface area contributed by atoms with Gasteiger partial charge in [-0.2, -0.15) is 0 Å². The van der Waals surface area contributed by atoms with E-state index < -0.39 is 0 Å². The van der Waals surface area contributed by atoms with Crippen LogP contribution in [0, 0.1) is 0 Å². The largest absolute Gasteiger partial charge is 0.484 e. The molecule has 0 unspecified atom stereocenters. The number of carbonyl (C=O) groups is 2. The Balaban J connectivity index is 1.52. The summed E-state index contributed by atoms with van der Waals surface area (Å²) in [5.41, 5.74) is 2.06. The third kappa shape index (κ3) is 6.87. The average Bonchev–Trinajstić information content (AvgIpc) is 2.77. The van der Waals surface area contributed by atoms with E-state index in [2.05, 4.69) is 31.4 Å². The lowest BCUT2D eigenvalue weighted by molar-refractivity contribution is -0.118. The first-order valence-electron chi connectivity index (χ1n) is 10.4. The van der Waals surface area contributed by atoms with Gasteiger partial charge in [-0.3, -0.25) is 9.59 Å². The van der Waals surface area contributed by atoms with Gasteiger partial charge >= 0.3 is 0 Å². The van der Waals surface area contributed by atoms with Crippen molar-refractivity contribution < 1.29 is 19.1 Å². The van der Waals surface area contributed by atoms with Crippen LogP contribution in [0.15, 0.2) is 78.9 Å². The lowest BCUT2D eigenvalue weighted by Crippen LogP contribution is -2.22. The first-order chi connectivity index (χ1) is 15.3. The molecule has 0 aromatic heterocycles. The Morgan fingerprint density at radius 1 is 0.719 bits per heavy atom. The van der Waals surface area contributed by atoms with E-state index in [0.29, 0.717) is 22.9 Å². The van der Waals surface area contributed by atoms with Crippen molar-refractivity contribution in [2.45, 2.75) is 26.2 Å². The van der Waals surface area contributed by atoms with Crippen LogP contribution in [0.3, 0.4) is 0 Å². The molecule has 2 amide bonds. The van der Waals surface area contributed by atoms with Gasteiger partial charge in [0, 0.05) is 11.4 Å². The summed E-state index contributed by atoms with van der Waals surface area (Å²) in [6.07, 6.45) is 0. The molecule has 0 aliphatic carbocycles. The highest BCUT2D eigenvalue weighted by molar-refractivity contribution is 5.95. The molecule has 0 bridgehead atoms. The van der Waals surface area contributed by atoms with Crippen LogP contribution < -0.4 is 20.1 Å². The molecule has 3 rings (SSSR count). The second kappa shape index (κ2) is 10.5. The highest BCUT2D eigenvalue weighted by atomic mass is 16.5. The Bertz CT molecular complexity index is 1060. The second-order valence-electron chi connectivity index (χ2n) is 8.31. The van der Waals surface area contributed by atoms with Gasteiger partial charge in [0.25, 0.3) is 11.8 Å². The maximum atomic E-state index is 12.4. The highest BCUT2D eigenvalue weighted by Gasteiger charge is 2.19. The van der Waals surface area contributed by atoms with Crippen LogP contribution in [0.5, 0.6) is 11.5 Å². The number of rotatable bonds is 8. The van der Waals surface area contributed by atoms with Crippen LogP contribution in [0.25, 0.3) is 0 Å². The number of anilines is 2. The van der Waals surface area contributed by atoms with Crippen molar-refractivity contribution in [3.05, 3.63) is 84.4 Å². The number of amides is 2. The van der Waals surface area contributed by atoms with Crippen molar-refractivity contribution in [1.29, 1.82) is 0 Å². The highest BCUT2D eigenvalue weighted by Crippen LogP contribution is 2.30. The Morgan fingerprint density at radius 3 is 1.91 bits per heavy atom. The first-order valence-corrected chi connectivity index (χ1v) is 10.4. The minimum absolute atomic E-state index is 0.0934. The van der Waals surface area contributed by atoms with Crippen LogP contribution in [-0.4, -0.2) is 25.0 Å². The fourth-order valence-electron chi connectivity index (χ4n) is 3.09. The topological polar surface area (TPSA) is 76.7 Å². The van der Waals surface area contributed by atoms with E-state index in [4.69, 9.17) is 9.47 Å². The summed E-state index contributed by atoms with van der Waals surface area (Å²) < 4.78 is 11.2. The van der Waals surface area contributed by atoms with Gasteiger partial charge < -0.3 is 20.1 Å². The number of nitrogens with one attached hydrogen (secondary N) is 2. The molecule has 0 aliphatic rings. The molecule has 0 atom stereocenters. The fourth-order valence-corrected chi connectivity index (χ4v) is 3.09. The number of carbonyl (C=O) groups excluding carboxylic acids is 2. The van der Waals surface area contributed by atoms with Crippen molar-refractivity contribution >= 4 is 23.2 Å². The molecule has 6 nitrogen and oxygen atoms in total. The molecule has 32 heavy (non-hydrogen) atoms. The standard InChI is InChI=1S/C26H28N2O4/c1-26(2,3)22-14-7-8-15-23(22)32-18-25(30)28-20-11-9-10-19(16-20)27-24(29)17-31-21-12-5-4-6-13-21/h4-16H,17-18H2,1-3H3,(H,27,29)(H,28,30). The summed E-state index contributed by atoms with van der Waals surface area (Å²) >= 11 is 0. The van der Waals surface area contributed by atoms with Crippen molar-refractivity contribution in [1.82, 2.24) is 0 Å². The lowest BCUT2D eigenvalue weighted by atomic mass is 9.86. The molecule has 6 heteroatoms. The Labute approximate surface area is 188 Å². The fraction of sp³-hybridized carbons (Fsp3) is 0.231. The molecule has 2 N–H and O–H groups in total. The van der Waals surface area contributed by atoms with Crippen LogP contribution in [-0.2, 0) is 15.0 Å². The van der Waals surface area contributed by atoms with E-state index in [0.717, 1.165) is 5.56 Å². The van der Waals surface area contributed by atoms with Crippen LogP contribution >= 0.6 is 0 Å². The van der Waals surface area contributed by atoms with E-state index in [1.54, 1.807) is 36.4 Å². The minimum Gasteiger partial charge on any atom is -0.484 e. The van der Waals surface area contributed by atoms with E-state index in [1.165, 1.54) is 0 Å². The molecular formula is C26H28N2O4. The van der Waals surface area contributed by atoms with Crippen molar-refractivity contribution in [3.8, 4) is 11.5 Å². The van der Waals surface area contributed by atoms with Gasteiger partial charge in [0.05, 0.1) is 0 Å². The summed E-state index contributed by atoms with van der Waals surface area (Å²) in [6.45, 7) is 6.07. The predicted molar refractivity (Wildman–Crippen MR) is 126 cm³/mol. The zero-order valence-corrected chi connectivity index (χ0v) is 18.6. The van der Waals surface area contributed by atoms with Crippen LogP contribution in [0.1, 0.15) is 26.3 Å². The average molecular weight is 433 g/mol. The summed E-state index contributed by atoms with van der Waals surface area (Å²) in [4.78, 5) is 24.5. The molecule has 0 heterocycles. The molecule has 0 aliphatic heterocycles. The van der Waals surface area contributed by atoms with E-state index in [1.807, 2.05) is 42.5 Å². The molecule has 0 radical (unpaired) electrons. The number of hydrogen-bond acceptors (Lipinski definition) is 4. The van der Waals surface area contributed by atoms with Gasteiger partial charge in [-0.05, 0) is 47.4 Å². The van der Waals surface area contributed by atoms with Gasteiger partial charge in [-0.1, -0.05) is 63.2 Å². The first kappa shape index (κ1) is 22.9. The Kier molecular flexibility index (Phi) is 7.49. The normalized spacial score (nSPS) is 10.8. The van der Waals surface area contributed by atoms with Gasteiger partial charge in [0.2, 0.25) is 0 Å². The molecule has 3 aromatic rings. The molecule has 0 saturated heterocycles. The van der Waals surface area contributed by atoms with E-state index >= 15 is 0 Å². The minimum atomic E-state index is -0.292. The SMILES string of the molecule is CC(C)(C)c1ccccc1OCC(=O)Nc1cccc(NC(=O)COc2ccccc2)c1. The van der Waals surface area contributed by atoms with Crippen molar-refractivity contribution in [2.75, 3.05) is 23.8 Å². The quantitative estimate of drug-likeness (QED) is 0.524. The number of ether oxygens (including phenoxy) is 2. The third-order valence-corrected chi connectivity index (χ3v) is 4.60. The van der Waals surface area contributed by atoms with Crippen molar-refractivity contribution in [2.24, 2.45) is 0 Å². The third-order valence-electron chi connectivity index (χ3n) is 4.60. The van der Waals surface area contributed by atoms with Gasteiger partial charge in [0.1, 0.15) is 11.5 Å². The molecule has 0 fully saturated rings. The second-order valence-corrected chi connectivity index (χ2v) is 8.31. The lowest BCUT2D eigenvalue weighted by Gasteiger charge is -2.22. The maximum absolute atomic E-state index is 12.4. The molecule has 166 valence electrons. The van der Waals surface area contributed by atoms with Gasteiger partial charge in [-0.25, -0.2) is 0 Å². The zero-order valence-electron chi connectivity index (χ0n) is 18.6. The molecular weight excluding hydrogens is 404 g/mol. The van der Waals surface area contributed by atoms with Crippen LogP contribution in [0.4, 0.5) is 11.4 Å². The summed E-state index contributed by atoms with van der Waals surface area (Å²) in [5, 5.41) is 5.56. The summed E-state index contributed by atoms with van der Waals surface area (Å²) in [7, 11) is 0. The van der Waals surface area contributed by atoms with Gasteiger partial charge in [0.15, 0.2) is 13.2 Å². The molecule has 0 saturated carbocycles. The van der Waals surface area contributed by atoms with E-state index in [-0.39, 0.29) is 30.4 Å². The zero-order chi connectivity index (χ0) is 23.0. The summed E-state index contributed by atoms with van der Waals surface area (Å²) in [6, 6.07) is 23.7. The Morgan fingerprint density at radius 2 is 1.28 bits per heavy atom. The molecule has 3 aromatic carbocycles. The number of hydrogen-bond donors (Lipinski definition) is 2. The van der Waals surface area contributed by atoms with Crippen LogP contribution in [0.2, 0.25) is 0 Å². The Hall–Kier alpha value is -3.80.